The van der Waals surface area contributed by atoms with Crippen LogP contribution in [0.5, 0.6) is 0 Å². The van der Waals surface area contributed by atoms with E-state index in [9.17, 15) is 15.0 Å². The molecule has 0 aliphatic carbocycles. The summed E-state index contributed by atoms with van der Waals surface area (Å²) in [4.78, 5) is 18.5. The summed E-state index contributed by atoms with van der Waals surface area (Å²) in [6.45, 7) is 1.19. The van der Waals surface area contributed by atoms with Crippen molar-refractivity contribution < 1.29 is 20.1 Å². The molecule has 114 valence electrons. The van der Waals surface area contributed by atoms with Crippen LogP contribution in [0.25, 0.3) is 11.0 Å². The molecule has 3 heterocycles. The summed E-state index contributed by atoms with van der Waals surface area (Å²) in [5.41, 5.74) is -0.0911. The lowest BCUT2D eigenvalue weighted by Gasteiger charge is -2.15. The molecule has 1 unspecified atom stereocenters. The summed E-state index contributed by atoms with van der Waals surface area (Å²) in [6.07, 6.45) is -3.09. The summed E-state index contributed by atoms with van der Waals surface area (Å²) in [6, 6.07) is 0. The van der Waals surface area contributed by atoms with E-state index >= 15 is 0 Å². The van der Waals surface area contributed by atoms with Crippen LogP contribution in [-0.2, 0) is 4.74 Å². The van der Waals surface area contributed by atoms with E-state index in [2.05, 4.69) is 30.5 Å². The predicted molar refractivity (Wildman–Crippen MR) is 77.4 cm³/mol. The maximum absolute atomic E-state index is 11.8. The van der Waals surface area contributed by atoms with Gasteiger partial charge < -0.3 is 25.0 Å². The Kier molecular flexibility index (Phi) is 5.01. The highest BCUT2D eigenvalue weighted by molar-refractivity contribution is 6.75. The number of aliphatic hydroxyl groups excluding tert-OH is 3. The number of hydrogen-bond acceptors (Lipinski definition) is 7. The number of nitrogens with zero attached hydrogens (tertiary/aromatic N) is 3. The molecule has 1 aliphatic heterocycles. The quantitative estimate of drug-likeness (QED) is 0.443. The van der Waals surface area contributed by atoms with E-state index in [0.717, 1.165) is 0 Å². The fourth-order valence-electron chi connectivity index (χ4n) is 2.31. The van der Waals surface area contributed by atoms with Gasteiger partial charge in [0.25, 0.3) is 5.56 Å². The molecule has 0 spiro atoms. The first-order chi connectivity index (χ1) is 10.5. The number of nitrogens with one attached hydrogen (secondary N) is 1. The summed E-state index contributed by atoms with van der Waals surface area (Å²) in [5, 5.41) is 33.0. The first-order valence-corrected chi connectivity index (χ1v) is 6.43. The van der Waals surface area contributed by atoms with E-state index in [4.69, 9.17) is 9.84 Å². The topological polar surface area (TPSA) is 133 Å². The number of ether oxygens (including phenoxy) is 1. The van der Waals surface area contributed by atoms with Crippen LogP contribution in [0.2, 0.25) is 0 Å². The van der Waals surface area contributed by atoms with Crippen LogP contribution in [0.1, 0.15) is 12.1 Å². The van der Waals surface area contributed by atoms with Crippen molar-refractivity contribution in [2.24, 2.45) is 0 Å². The Hall–Kier alpha value is -1.68. The minimum absolute atomic E-state index is 0.251. The third-order valence-electron chi connectivity index (χ3n) is 3.34. The maximum atomic E-state index is 11.8. The monoisotopic (exact) mass is 304 g/mol. The molecule has 1 fully saturated rings. The number of aliphatic hydroxyl groups is 3. The SMILES string of the molecule is Cc1nc2c(cnn2[C@@H]2O[C@H](CO)[C@H](O)C2O)c(=O)[nH]1.[B][B]. The Morgan fingerprint density at radius 2 is 2.09 bits per heavy atom. The van der Waals surface area contributed by atoms with Gasteiger partial charge in [-0.25, -0.2) is 9.67 Å². The Labute approximate surface area is 127 Å². The van der Waals surface area contributed by atoms with Gasteiger partial charge >= 0.3 is 0 Å². The van der Waals surface area contributed by atoms with Gasteiger partial charge in [-0.2, -0.15) is 5.10 Å². The van der Waals surface area contributed by atoms with Crippen LogP contribution in [-0.4, -0.2) is 75.5 Å². The smallest absolute Gasteiger partial charge is 0.262 e. The lowest BCUT2D eigenvalue weighted by molar-refractivity contribution is -0.0566. The van der Waals surface area contributed by atoms with Crippen molar-refractivity contribution in [2.45, 2.75) is 31.5 Å². The number of aromatic amines is 1. The molecular formula is C11H14B2N4O5. The lowest BCUT2D eigenvalue weighted by atomic mass is 9.81. The standard InChI is InChI=1S/C11H14N4O5.B2/c1-4-13-9-5(10(19)14-4)2-12-15(9)11-8(18)7(17)6(3-16)20-11;1-2/h2,6-8,11,16-18H,3H2,1H3,(H,13,14,19);/t6-,7+,8?,11-;/m1./s1. The number of aromatic nitrogens is 4. The highest BCUT2D eigenvalue weighted by Gasteiger charge is 2.44. The summed E-state index contributed by atoms with van der Waals surface area (Å²) < 4.78 is 6.60. The first-order valence-electron chi connectivity index (χ1n) is 6.43. The van der Waals surface area contributed by atoms with E-state index in [1.807, 2.05) is 0 Å². The molecule has 0 bridgehead atoms. The van der Waals surface area contributed by atoms with E-state index < -0.39 is 31.1 Å². The van der Waals surface area contributed by atoms with Gasteiger partial charge in [0, 0.05) is 15.5 Å². The third kappa shape index (κ3) is 2.68. The van der Waals surface area contributed by atoms with E-state index in [-0.39, 0.29) is 16.6 Å². The highest BCUT2D eigenvalue weighted by Crippen LogP contribution is 2.30. The van der Waals surface area contributed by atoms with Crippen molar-refractivity contribution in [3.63, 3.8) is 0 Å². The Morgan fingerprint density at radius 3 is 2.68 bits per heavy atom. The molecule has 1 saturated heterocycles. The number of rotatable bonds is 2. The van der Waals surface area contributed by atoms with Crippen LogP contribution in [0.15, 0.2) is 11.0 Å². The first kappa shape index (κ1) is 16.7. The van der Waals surface area contributed by atoms with Gasteiger partial charge in [-0.3, -0.25) is 4.79 Å². The number of H-pyrrole nitrogens is 1. The van der Waals surface area contributed by atoms with Gasteiger partial charge in [-0.15, -0.1) is 0 Å². The van der Waals surface area contributed by atoms with Crippen molar-refractivity contribution in [3.05, 3.63) is 22.4 Å². The fraction of sp³-hybridized carbons (Fsp3) is 0.545. The van der Waals surface area contributed by atoms with E-state index in [0.29, 0.717) is 5.82 Å². The average molecular weight is 304 g/mol. The molecule has 4 N–H and O–H groups in total. The number of fused-ring (bicyclic) bond motifs is 1. The lowest BCUT2D eigenvalue weighted by Crippen LogP contribution is -2.33. The van der Waals surface area contributed by atoms with Gasteiger partial charge in [-0.05, 0) is 6.92 Å². The fourth-order valence-corrected chi connectivity index (χ4v) is 2.31. The van der Waals surface area contributed by atoms with Gasteiger partial charge in [0.15, 0.2) is 11.9 Å². The summed E-state index contributed by atoms with van der Waals surface area (Å²) >= 11 is 0. The molecule has 11 heteroatoms. The highest BCUT2D eigenvalue weighted by atomic mass is 16.6. The molecular weight excluding hydrogens is 290 g/mol. The normalized spacial score (nSPS) is 27.6. The minimum Gasteiger partial charge on any atom is -0.394 e. The third-order valence-corrected chi connectivity index (χ3v) is 3.34. The Morgan fingerprint density at radius 1 is 1.41 bits per heavy atom. The van der Waals surface area contributed by atoms with Gasteiger partial charge in [0.2, 0.25) is 0 Å². The molecule has 9 nitrogen and oxygen atoms in total. The van der Waals surface area contributed by atoms with Crippen LogP contribution in [0.4, 0.5) is 0 Å². The molecule has 22 heavy (non-hydrogen) atoms. The Balaban J connectivity index is 0.000000847. The zero-order valence-electron chi connectivity index (χ0n) is 11.7. The van der Waals surface area contributed by atoms with Gasteiger partial charge in [0.05, 0.1) is 12.8 Å². The molecule has 1 aliphatic rings. The van der Waals surface area contributed by atoms with Crippen molar-refractivity contribution in [1.82, 2.24) is 19.7 Å². The van der Waals surface area contributed by atoms with Crippen molar-refractivity contribution >= 4 is 26.5 Å². The second kappa shape index (κ2) is 6.61. The van der Waals surface area contributed by atoms with Crippen molar-refractivity contribution in [1.29, 1.82) is 0 Å². The zero-order valence-corrected chi connectivity index (χ0v) is 11.7. The molecule has 2 aromatic heterocycles. The molecule has 4 radical (unpaired) electrons. The van der Waals surface area contributed by atoms with Crippen molar-refractivity contribution in [2.75, 3.05) is 6.61 Å². The van der Waals surface area contributed by atoms with Crippen LogP contribution >= 0.6 is 0 Å². The molecule has 0 amide bonds. The maximum Gasteiger partial charge on any atom is 0.262 e. The van der Waals surface area contributed by atoms with Gasteiger partial charge in [0.1, 0.15) is 29.5 Å². The van der Waals surface area contributed by atoms with Crippen LogP contribution in [0, 0.1) is 6.92 Å². The van der Waals surface area contributed by atoms with E-state index in [1.165, 1.54) is 10.9 Å². The number of aryl methyl sites for hydroxylation is 1. The minimum atomic E-state index is -1.27. The largest absolute Gasteiger partial charge is 0.394 e. The molecule has 4 atom stereocenters. The number of hydrogen-bond donors (Lipinski definition) is 4. The van der Waals surface area contributed by atoms with Gasteiger partial charge in [-0.1, -0.05) is 0 Å². The predicted octanol–water partition coefficient (Wildman–Crippen LogP) is -2.72. The Bertz CT molecular complexity index is 705. The average Bonchev–Trinajstić information content (AvgIpc) is 3.04. The summed E-state index contributed by atoms with van der Waals surface area (Å²) in [5.74, 6) is 0.399. The molecule has 3 rings (SSSR count). The second-order valence-electron chi connectivity index (χ2n) is 4.71. The zero-order chi connectivity index (χ0) is 16.4. The van der Waals surface area contributed by atoms with Crippen LogP contribution < -0.4 is 5.56 Å². The van der Waals surface area contributed by atoms with Crippen LogP contribution in [0.3, 0.4) is 0 Å². The van der Waals surface area contributed by atoms with Crippen molar-refractivity contribution in [3.8, 4) is 0 Å². The van der Waals surface area contributed by atoms with E-state index in [1.54, 1.807) is 6.92 Å². The second-order valence-corrected chi connectivity index (χ2v) is 4.71. The molecule has 2 aromatic rings. The molecule has 0 aromatic carbocycles. The molecule has 0 saturated carbocycles. The summed E-state index contributed by atoms with van der Waals surface area (Å²) in [7, 11) is 8.00.